The second-order valence-corrected chi connectivity index (χ2v) is 10.6. The molecular formula is C16H33NO2Si. The number of fused-ring (bicyclic) bond motifs is 1. The predicted molar refractivity (Wildman–Crippen MR) is 85.9 cm³/mol. The number of hydrogen-bond acceptors (Lipinski definition) is 3. The normalized spacial score (nSPS) is 31.4. The van der Waals surface area contributed by atoms with Gasteiger partial charge in [0.25, 0.3) is 0 Å². The first kappa shape index (κ1) is 16.5. The molecule has 0 bridgehead atoms. The monoisotopic (exact) mass is 299 g/mol. The smallest absolute Gasteiger partial charge is 0.355 e. The fourth-order valence-electron chi connectivity index (χ4n) is 4.28. The van der Waals surface area contributed by atoms with Crippen LogP contribution in [-0.4, -0.2) is 35.0 Å². The first-order valence-corrected chi connectivity index (χ1v) is 10.6. The minimum Gasteiger partial charge on any atom is -0.397 e. The molecule has 1 heterocycles. The summed E-state index contributed by atoms with van der Waals surface area (Å²) in [6.45, 7) is 5.74. The Morgan fingerprint density at radius 2 is 1.80 bits per heavy atom. The average molecular weight is 300 g/mol. The molecule has 3 unspecified atom stereocenters. The van der Waals surface area contributed by atoms with Gasteiger partial charge >= 0.3 is 8.56 Å². The van der Waals surface area contributed by atoms with Gasteiger partial charge in [0, 0.05) is 14.2 Å². The maximum absolute atomic E-state index is 6.08. The van der Waals surface area contributed by atoms with Crippen molar-refractivity contribution in [1.29, 1.82) is 0 Å². The van der Waals surface area contributed by atoms with Gasteiger partial charge in [-0.15, -0.1) is 0 Å². The van der Waals surface area contributed by atoms with Crippen molar-refractivity contribution in [3.63, 3.8) is 0 Å². The Balaban J connectivity index is 2.13. The second-order valence-electron chi connectivity index (χ2n) is 7.08. The molecule has 4 heteroatoms. The van der Waals surface area contributed by atoms with Crippen molar-refractivity contribution in [2.75, 3.05) is 20.8 Å². The zero-order valence-electron chi connectivity index (χ0n) is 13.8. The van der Waals surface area contributed by atoms with Gasteiger partial charge in [-0.1, -0.05) is 33.1 Å². The van der Waals surface area contributed by atoms with Crippen LogP contribution >= 0.6 is 0 Å². The summed E-state index contributed by atoms with van der Waals surface area (Å²) in [6, 6.07) is 1.12. The van der Waals surface area contributed by atoms with Crippen LogP contribution < -0.4 is 5.32 Å². The first-order chi connectivity index (χ1) is 9.63. The Labute approximate surface area is 126 Å². The third-order valence-corrected chi connectivity index (χ3v) is 9.46. The van der Waals surface area contributed by atoms with E-state index in [-0.39, 0.29) is 0 Å². The van der Waals surface area contributed by atoms with Crippen molar-refractivity contribution >= 4 is 8.56 Å². The molecule has 118 valence electrons. The van der Waals surface area contributed by atoms with E-state index in [2.05, 4.69) is 19.2 Å². The lowest BCUT2D eigenvalue weighted by atomic mass is 9.75. The fraction of sp³-hybridized carbons (Fsp3) is 1.00. The van der Waals surface area contributed by atoms with Gasteiger partial charge in [0.05, 0.1) is 5.67 Å². The Morgan fingerprint density at radius 3 is 2.45 bits per heavy atom. The Morgan fingerprint density at radius 1 is 1.10 bits per heavy atom. The molecule has 2 rings (SSSR count). The summed E-state index contributed by atoms with van der Waals surface area (Å²) >= 11 is 0. The van der Waals surface area contributed by atoms with E-state index in [1.165, 1.54) is 38.5 Å². The lowest BCUT2D eigenvalue weighted by molar-refractivity contribution is 0.121. The second kappa shape index (κ2) is 7.39. The van der Waals surface area contributed by atoms with E-state index < -0.39 is 8.56 Å². The van der Waals surface area contributed by atoms with E-state index >= 15 is 0 Å². The molecule has 0 aromatic rings. The van der Waals surface area contributed by atoms with Crippen LogP contribution in [0.15, 0.2) is 0 Å². The van der Waals surface area contributed by atoms with Crippen molar-refractivity contribution in [2.24, 2.45) is 17.8 Å². The molecule has 0 spiro atoms. The topological polar surface area (TPSA) is 30.5 Å². The van der Waals surface area contributed by atoms with Gasteiger partial charge in [-0.2, -0.15) is 0 Å². The number of rotatable bonds is 6. The molecule has 0 aromatic heterocycles. The average Bonchev–Trinajstić information content (AvgIpc) is 2.48. The molecule has 1 saturated carbocycles. The van der Waals surface area contributed by atoms with Crippen molar-refractivity contribution in [2.45, 2.75) is 64.1 Å². The summed E-state index contributed by atoms with van der Waals surface area (Å²) in [6.07, 6.45) is 8.17. The molecule has 2 fully saturated rings. The number of hydrogen-bond donors (Lipinski definition) is 1. The van der Waals surface area contributed by atoms with Crippen LogP contribution in [0.2, 0.25) is 6.04 Å². The van der Waals surface area contributed by atoms with Gasteiger partial charge in [0.2, 0.25) is 0 Å². The van der Waals surface area contributed by atoms with Gasteiger partial charge in [0.15, 0.2) is 0 Å². The molecule has 2 aliphatic rings. The quantitative estimate of drug-likeness (QED) is 0.762. The van der Waals surface area contributed by atoms with Crippen LogP contribution in [0.25, 0.3) is 0 Å². The lowest BCUT2D eigenvalue weighted by Crippen LogP contribution is -2.65. The predicted octanol–water partition coefficient (Wildman–Crippen LogP) is 3.48. The third kappa shape index (κ3) is 3.46. The number of nitrogens with one attached hydrogen (secondary N) is 1. The molecule has 1 aliphatic carbocycles. The Bertz CT molecular complexity index is 292. The van der Waals surface area contributed by atoms with E-state index in [0.717, 1.165) is 30.3 Å². The van der Waals surface area contributed by atoms with Crippen LogP contribution in [0.4, 0.5) is 0 Å². The highest BCUT2D eigenvalue weighted by molar-refractivity contribution is 6.69. The molecular weight excluding hydrogens is 266 g/mol. The Hall–Kier alpha value is 0.0969. The third-order valence-electron chi connectivity index (χ3n) is 5.51. The molecule has 0 aromatic carbocycles. The lowest BCUT2D eigenvalue weighted by Gasteiger charge is -2.48. The van der Waals surface area contributed by atoms with Gasteiger partial charge in [-0.3, -0.25) is 0 Å². The summed E-state index contributed by atoms with van der Waals surface area (Å²) in [5.41, 5.74) is 0.496. The molecule has 0 radical (unpaired) electrons. The van der Waals surface area contributed by atoms with Crippen molar-refractivity contribution in [3.8, 4) is 0 Å². The first-order valence-electron chi connectivity index (χ1n) is 8.46. The zero-order chi connectivity index (χ0) is 14.6. The largest absolute Gasteiger partial charge is 0.397 e. The fourth-order valence-corrected chi connectivity index (χ4v) is 8.20. The molecule has 20 heavy (non-hydrogen) atoms. The van der Waals surface area contributed by atoms with Gasteiger partial charge < -0.3 is 14.2 Å². The highest BCUT2D eigenvalue weighted by Crippen LogP contribution is 2.41. The van der Waals surface area contributed by atoms with Crippen molar-refractivity contribution < 1.29 is 8.85 Å². The van der Waals surface area contributed by atoms with E-state index in [4.69, 9.17) is 8.85 Å². The number of piperidine rings is 1. The summed E-state index contributed by atoms with van der Waals surface area (Å²) in [4.78, 5) is 0. The minimum atomic E-state index is -2.12. The van der Waals surface area contributed by atoms with Crippen LogP contribution in [0.1, 0.15) is 52.4 Å². The summed E-state index contributed by atoms with van der Waals surface area (Å²) < 4.78 is 12.2. The molecule has 3 atom stereocenters. The molecule has 1 aliphatic heterocycles. The van der Waals surface area contributed by atoms with Crippen LogP contribution in [0.3, 0.4) is 0 Å². The Kier molecular flexibility index (Phi) is 6.08. The van der Waals surface area contributed by atoms with E-state index in [1.807, 2.05) is 14.2 Å². The summed E-state index contributed by atoms with van der Waals surface area (Å²) in [5.74, 6) is 2.42. The molecule has 1 N–H and O–H groups in total. The van der Waals surface area contributed by atoms with E-state index in [1.54, 1.807) is 0 Å². The van der Waals surface area contributed by atoms with E-state index in [9.17, 15) is 0 Å². The summed E-state index contributed by atoms with van der Waals surface area (Å²) in [5, 5.41) is 3.80. The zero-order valence-corrected chi connectivity index (χ0v) is 14.8. The summed E-state index contributed by atoms with van der Waals surface area (Å²) in [7, 11) is 1.63. The van der Waals surface area contributed by atoms with Crippen LogP contribution in [-0.2, 0) is 8.85 Å². The van der Waals surface area contributed by atoms with Gasteiger partial charge in [-0.25, -0.2) is 0 Å². The van der Waals surface area contributed by atoms with Gasteiger partial charge in [-0.05, 0) is 49.6 Å². The van der Waals surface area contributed by atoms with E-state index in [0.29, 0.717) is 5.67 Å². The van der Waals surface area contributed by atoms with Crippen LogP contribution in [0, 0.1) is 17.8 Å². The van der Waals surface area contributed by atoms with Crippen LogP contribution in [0.5, 0.6) is 0 Å². The maximum atomic E-state index is 6.08. The molecule has 0 amide bonds. The standard InChI is InChI=1S/C16H33NO2Si/c1-13(2)10-12-20(18-3,19-4)16-15-8-6-5-7-14(15)9-11-17-16/h13-17H,5-12H2,1-4H3. The SMILES string of the molecule is CO[Si](CCC(C)C)(OC)C1NCCC2CCCCC21. The van der Waals surface area contributed by atoms with Gasteiger partial charge in [0.1, 0.15) is 0 Å². The highest BCUT2D eigenvalue weighted by Gasteiger charge is 2.51. The van der Waals surface area contributed by atoms with Crippen molar-refractivity contribution in [3.05, 3.63) is 0 Å². The van der Waals surface area contributed by atoms with Crippen molar-refractivity contribution in [1.82, 2.24) is 5.32 Å². The minimum absolute atomic E-state index is 0.496. The highest BCUT2D eigenvalue weighted by atomic mass is 28.4. The maximum Gasteiger partial charge on any atom is 0.355 e. The molecule has 1 saturated heterocycles. The molecule has 3 nitrogen and oxygen atoms in total.